The molecule has 0 amide bonds. The molecule has 0 aromatic heterocycles. The van der Waals surface area contributed by atoms with E-state index < -0.39 is 15.4 Å². The molecule has 2 unspecified atom stereocenters. The monoisotopic (exact) mass is 456 g/mol. The van der Waals surface area contributed by atoms with Crippen molar-refractivity contribution in [2.24, 2.45) is 0 Å². The largest absolute Gasteiger partial charge is 1.00 e. The Morgan fingerprint density at radius 3 is 1.27 bits per heavy atom. The fraction of sp³-hybridized carbons (Fsp3) is 1.00. The van der Waals surface area contributed by atoms with Crippen molar-refractivity contribution in [3.63, 3.8) is 0 Å². The maximum Gasteiger partial charge on any atom is 1.00 e. The van der Waals surface area contributed by atoms with Gasteiger partial charge in [0.15, 0.2) is 0 Å². The third-order valence-corrected chi connectivity index (χ3v) is 7.28. The number of rotatable bonds is 22. The van der Waals surface area contributed by atoms with E-state index in [0.29, 0.717) is 12.8 Å². The van der Waals surface area contributed by atoms with Crippen LogP contribution in [0.25, 0.3) is 0 Å². The van der Waals surface area contributed by atoms with Crippen LogP contribution in [0.1, 0.15) is 142 Å². The third kappa shape index (κ3) is 22.1. The van der Waals surface area contributed by atoms with Crippen LogP contribution in [-0.4, -0.2) is 29.4 Å². The van der Waals surface area contributed by atoms with Gasteiger partial charge < -0.3 is 9.66 Å². The average Bonchev–Trinajstić information content (AvgIpc) is 2.66. The molecule has 0 radical (unpaired) electrons. The smallest absolute Gasteiger partial charge is 0.748 e. The molecule has 0 aromatic rings. The summed E-state index contributed by atoms with van der Waals surface area (Å²) in [4.78, 5) is 0. The zero-order valence-corrected chi connectivity index (χ0v) is 23.2. The van der Waals surface area contributed by atoms with E-state index in [1.807, 2.05) is 0 Å². The summed E-state index contributed by atoms with van der Waals surface area (Å²) in [5.74, 6) is 0. The predicted molar refractivity (Wildman–Crippen MR) is 123 cm³/mol. The van der Waals surface area contributed by atoms with Crippen LogP contribution in [0.2, 0.25) is 0 Å². The van der Waals surface area contributed by atoms with Gasteiger partial charge in [0.05, 0.1) is 16.2 Å². The zero-order chi connectivity index (χ0) is 21.8. The van der Waals surface area contributed by atoms with Crippen molar-refractivity contribution < 1.29 is 47.6 Å². The molecule has 176 valence electrons. The Bertz CT molecular complexity index is 442. The number of hydrogen-bond donors (Lipinski definition) is 1. The van der Waals surface area contributed by atoms with Crippen molar-refractivity contribution >= 4 is 10.1 Å². The first-order valence-corrected chi connectivity index (χ1v) is 14.0. The number of aliphatic hydroxyl groups is 1. The molecule has 0 aliphatic rings. The molecule has 0 saturated heterocycles. The Labute approximate surface area is 210 Å². The molecule has 0 aromatic carbocycles. The molecule has 0 fully saturated rings. The normalized spacial score (nSPS) is 13.7. The molecule has 0 aliphatic carbocycles. The maximum absolute atomic E-state index is 11.4. The summed E-state index contributed by atoms with van der Waals surface area (Å²) in [6.45, 7) is 4.28. The maximum atomic E-state index is 11.4. The van der Waals surface area contributed by atoms with Crippen LogP contribution >= 0.6 is 0 Å². The summed E-state index contributed by atoms with van der Waals surface area (Å²) in [7, 11) is -4.14. The number of hydrogen-bond acceptors (Lipinski definition) is 4. The van der Waals surface area contributed by atoms with Crippen molar-refractivity contribution in [2.45, 2.75) is 154 Å². The minimum atomic E-state index is -4.14. The van der Waals surface area contributed by atoms with Crippen LogP contribution in [0.15, 0.2) is 0 Å². The molecule has 0 rings (SSSR count). The SMILES string of the molecule is CCCCCC(O)CCCCCCCCCCCCC(CCCCC)S(=O)(=O)[O-].[Na+]. The first kappa shape index (κ1) is 33.0. The van der Waals surface area contributed by atoms with Crippen LogP contribution in [0.4, 0.5) is 0 Å². The predicted octanol–water partition coefficient (Wildman–Crippen LogP) is 4.11. The van der Waals surface area contributed by atoms with Crippen LogP contribution < -0.4 is 29.6 Å². The van der Waals surface area contributed by atoms with Gasteiger partial charge in [0, 0.05) is 5.25 Å². The molecular weight excluding hydrogens is 407 g/mol. The molecule has 0 heterocycles. The van der Waals surface area contributed by atoms with E-state index in [2.05, 4.69) is 13.8 Å². The van der Waals surface area contributed by atoms with Gasteiger partial charge in [-0.25, -0.2) is 8.42 Å². The topological polar surface area (TPSA) is 77.4 Å². The second-order valence-electron chi connectivity index (χ2n) is 8.87. The Kier molecular flexibility index (Phi) is 25.4. The molecule has 0 aliphatic heterocycles. The van der Waals surface area contributed by atoms with Crippen molar-refractivity contribution in [1.82, 2.24) is 0 Å². The average molecular weight is 457 g/mol. The molecule has 0 saturated carbocycles. The van der Waals surface area contributed by atoms with Crippen LogP contribution in [0.3, 0.4) is 0 Å². The Hall–Kier alpha value is 0.870. The fourth-order valence-corrected chi connectivity index (χ4v) is 4.91. The summed E-state index contributed by atoms with van der Waals surface area (Å²) < 4.78 is 34.1. The summed E-state index contributed by atoms with van der Waals surface area (Å²) in [5.41, 5.74) is 0. The first-order valence-electron chi connectivity index (χ1n) is 12.5. The van der Waals surface area contributed by atoms with Gasteiger partial charge >= 0.3 is 29.6 Å². The van der Waals surface area contributed by atoms with E-state index in [9.17, 15) is 18.1 Å². The van der Waals surface area contributed by atoms with Gasteiger partial charge in [-0.15, -0.1) is 0 Å². The number of unbranched alkanes of at least 4 members (excludes halogenated alkanes) is 13. The van der Waals surface area contributed by atoms with Gasteiger partial charge in [-0.05, 0) is 25.7 Å². The Balaban J connectivity index is 0. The van der Waals surface area contributed by atoms with Gasteiger partial charge in [0.1, 0.15) is 0 Å². The van der Waals surface area contributed by atoms with Crippen molar-refractivity contribution in [3.8, 4) is 0 Å². The van der Waals surface area contributed by atoms with E-state index >= 15 is 0 Å². The summed E-state index contributed by atoms with van der Waals surface area (Å²) >= 11 is 0. The van der Waals surface area contributed by atoms with Crippen LogP contribution in [-0.2, 0) is 10.1 Å². The van der Waals surface area contributed by atoms with Gasteiger partial charge in [0.25, 0.3) is 0 Å². The van der Waals surface area contributed by atoms with Crippen LogP contribution in [0.5, 0.6) is 0 Å². The third-order valence-electron chi connectivity index (χ3n) is 5.99. The zero-order valence-electron chi connectivity index (χ0n) is 20.4. The molecule has 2 atom stereocenters. The minimum absolute atomic E-state index is 0. The van der Waals surface area contributed by atoms with E-state index in [1.165, 1.54) is 51.4 Å². The van der Waals surface area contributed by atoms with Crippen LogP contribution in [0, 0.1) is 0 Å². The van der Waals surface area contributed by atoms with Crippen molar-refractivity contribution in [3.05, 3.63) is 0 Å². The fourth-order valence-electron chi connectivity index (χ4n) is 4.00. The summed E-state index contributed by atoms with van der Waals surface area (Å²) in [6, 6.07) is 0. The van der Waals surface area contributed by atoms with Gasteiger partial charge in [0.2, 0.25) is 0 Å². The van der Waals surface area contributed by atoms with Gasteiger partial charge in [-0.2, -0.15) is 0 Å². The van der Waals surface area contributed by atoms with Crippen molar-refractivity contribution in [2.75, 3.05) is 0 Å². The summed E-state index contributed by atoms with van der Waals surface area (Å²) in [5, 5.41) is 9.23. The second kappa shape index (κ2) is 23.0. The van der Waals surface area contributed by atoms with E-state index in [0.717, 1.165) is 64.2 Å². The number of aliphatic hydroxyl groups excluding tert-OH is 1. The molecule has 6 heteroatoms. The molecule has 1 N–H and O–H groups in total. The molecule has 30 heavy (non-hydrogen) atoms. The Morgan fingerprint density at radius 1 is 0.600 bits per heavy atom. The summed E-state index contributed by atoms with van der Waals surface area (Å²) in [6.07, 6.45) is 21.1. The van der Waals surface area contributed by atoms with Gasteiger partial charge in [-0.3, -0.25) is 0 Å². The quantitative estimate of drug-likeness (QED) is 0.151. The molecule has 0 bridgehead atoms. The Morgan fingerprint density at radius 2 is 0.900 bits per heavy atom. The second-order valence-corrected chi connectivity index (χ2v) is 10.5. The van der Waals surface area contributed by atoms with Crippen molar-refractivity contribution in [1.29, 1.82) is 0 Å². The standard InChI is InChI=1S/C24H50O4S.Na/c1-3-5-15-19-23(25)20-17-13-11-9-7-8-10-12-14-18-22-24(29(26,27)28)21-16-6-4-2;/h23-25H,3-22H2,1-2H3,(H,26,27,28);/q;+1/p-1. The van der Waals surface area contributed by atoms with E-state index in [1.54, 1.807) is 0 Å². The minimum Gasteiger partial charge on any atom is -0.748 e. The van der Waals surface area contributed by atoms with E-state index in [-0.39, 0.29) is 35.7 Å². The molecule has 4 nitrogen and oxygen atoms in total. The first-order chi connectivity index (χ1) is 13.9. The molecule has 0 spiro atoms. The van der Waals surface area contributed by atoms with E-state index in [4.69, 9.17) is 0 Å². The van der Waals surface area contributed by atoms with Gasteiger partial charge in [-0.1, -0.05) is 117 Å². The molecular formula is C24H49NaO4S.